The SMILES string of the molecule is CCCCOc1cc(C(=O)O)cc(C(C)C)n1. The Hall–Kier alpha value is -1.58. The van der Waals surface area contributed by atoms with Crippen LogP contribution in [0.2, 0.25) is 0 Å². The van der Waals surface area contributed by atoms with Gasteiger partial charge in [0, 0.05) is 11.8 Å². The Balaban J connectivity index is 2.91. The van der Waals surface area contributed by atoms with Crippen LogP contribution < -0.4 is 4.74 Å². The van der Waals surface area contributed by atoms with E-state index >= 15 is 0 Å². The van der Waals surface area contributed by atoms with Crippen LogP contribution in [0, 0.1) is 0 Å². The van der Waals surface area contributed by atoms with Crippen LogP contribution in [0.3, 0.4) is 0 Å². The third kappa shape index (κ3) is 4.06. The predicted molar refractivity (Wildman–Crippen MR) is 65.7 cm³/mol. The fourth-order valence-electron chi connectivity index (χ4n) is 1.34. The molecule has 0 saturated heterocycles. The van der Waals surface area contributed by atoms with E-state index in [1.807, 2.05) is 13.8 Å². The number of aromatic nitrogens is 1. The smallest absolute Gasteiger partial charge is 0.335 e. The van der Waals surface area contributed by atoms with Gasteiger partial charge in [0.05, 0.1) is 12.2 Å². The molecule has 0 radical (unpaired) electrons. The predicted octanol–water partition coefficient (Wildman–Crippen LogP) is 3.08. The van der Waals surface area contributed by atoms with Gasteiger partial charge in [-0.2, -0.15) is 0 Å². The highest BCUT2D eigenvalue weighted by molar-refractivity contribution is 5.88. The van der Waals surface area contributed by atoms with Crippen molar-refractivity contribution in [2.75, 3.05) is 6.61 Å². The molecular weight excluding hydrogens is 218 g/mol. The van der Waals surface area contributed by atoms with Crippen molar-refractivity contribution in [3.63, 3.8) is 0 Å². The van der Waals surface area contributed by atoms with E-state index in [-0.39, 0.29) is 11.5 Å². The minimum atomic E-state index is -0.949. The number of carboxylic acids is 1. The molecule has 0 fully saturated rings. The molecule has 0 saturated carbocycles. The van der Waals surface area contributed by atoms with Crippen molar-refractivity contribution in [1.29, 1.82) is 0 Å². The highest BCUT2D eigenvalue weighted by Gasteiger charge is 2.11. The van der Waals surface area contributed by atoms with Crippen molar-refractivity contribution in [2.24, 2.45) is 0 Å². The third-order valence-electron chi connectivity index (χ3n) is 2.41. The average Bonchev–Trinajstić information content (AvgIpc) is 2.29. The molecule has 0 aliphatic heterocycles. The summed E-state index contributed by atoms with van der Waals surface area (Å²) in [6.45, 7) is 6.60. The molecule has 17 heavy (non-hydrogen) atoms. The second-order valence-corrected chi connectivity index (χ2v) is 4.28. The molecule has 0 spiro atoms. The van der Waals surface area contributed by atoms with Gasteiger partial charge in [-0.1, -0.05) is 27.2 Å². The number of unbranched alkanes of at least 4 members (excludes halogenated alkanes) is 1. The summed E-state index contributed by atoms with van der Waals surface area (Å²) in [7, 11) is 0. The van der Waals surface area contributed by atoms with Crippen LogP contribution in [0.4, 0.5) is 0 Å². The third-order valence-corrected chi connectivity index (χ3v) is 2.41. The summed E-state index contributed by atoms with van der Waals surface area (Å²) >= 11 is 0. The Labute approximate surface area is 102 Å². The fraction of sp³-hybridized carbons (Fsp3) is 0.538. The van der Waals surface area contributed by atoms with Crippen LogP contribution in [-0.4, -0.2) is 22.7 Å². The van der Waals surface area contributed by atoms with Crippen LogP contribution >= 0.6 is 0 Å². The molecular formula is C13H19NO3. The topological polar surface area (TPSA) is 59.4 Å². The molecule has 1 N–H and O–H groups in total. The van der Waals surface area contributed by atoms with Crippen molar-refractivity contribution < 1.29 is 14.6 Å². The van der Waals surface area contributed by atoms with E-state index in [4.69, 9.17) is 9.84 Å². The molecule has 4 heteroatoms. The summed E-state index contributed by atoms with van der Waals surface area (Å²) in [5.74, 6) is -0.362. The molecule has 1 rings (SSSR count). The highest BCUT2D eigenvalue weighted by Crippen LogP contribution is 2.19. The van der Waals surface area contributed by atoms with E-state index in [2.05, 4.69) is 11.9 Å². The zero-order valence-corrected chi connectivity index (χ0v) is 10.6. The molecule has 0 aromatic carbocycles. The van der Waals surface area contributed by atoms with Gasteiger partial charge in [0.2, 0.25) is 5.88 Å². The van der Waals surface area contributed by atoms with E-state index in [0.717, 1.165) is 18.5 Å². The Morgan fingerprint density at radius 1 is 1.47 bits per heavy atom. The molecule has 0 aliphatic rings. The Morgan fingerprint density at radius 3 is 2.71 bits per heavy atom. The second kappa shape index (κ2) is 6.23. The summed E-state index contributed by atoms with van der Waals surface area (Å²) in [6.07, 6.45) is 1.98. The van der Waals surface area contributed by atoms with Gasteiger partial charge in [0.25, 0.3) is 0 Å². The van der Waals surface area contributed by atoms with Gasteiger partial charge in [-0.15, -0.1) is 0 Å². The number of rotatable bonds is 6. The minimum Gasteiger partial charge on any atom is -0.478 e. The molecule has 1 aromatic rings. The standard InChI is InChI=1S/C13H19NO3/c1-4-5-6-17-12-8-10(13(15)16)7-11(14-12)9(2)3/h7-9H,4-6H2,1-3H3,(H,15,16). The van der Waals surface area contributed by atoms with Crippen LogP contribution in [0.1, 0.15) is 55.6 Å². The van der Waals surface area contributed by atoms with E-state index in [0.29, 0.717) is 12.5 Å². The minimum absolute atomic E-state index is 0.183. The quantitative estimate of drug-likeness (QED) is 0.772. The molecule has 0 aliphatic carbocycles. The molecule has 0 amide bonds. The average molecular weight is 237 g/mol. The first-order chi connectivity index (χ1) is 8.04. The Morgan fingerprint density at radius 2 is 2.18 bits per heavy atom. The maximum absolute atomic E-state index is 11.0. The zero-order chi connectivity index (χ0) is 12.8. The summed E-state index contributed by atoms with van der Waals surface area (Å²) in [5, 5.41) is 9.00. The summed E-state index contributed by atoms with van der Waals surface area (Å²) in [5.41, 5.74) is 0.978. The number of hydrogen-bond donors (Lipinski definition) is 1. The zero-order valence-electron chi connectivity index (χ0n) is 10.6. The first kappa shape index (κ1) is 13.5. The van der Waals surface area contributed by atoms with Crippen molar-refractivity contribution in [3.8, 4) is 5.88 Å². The monoisotopic (exact) mass is 237 g/mol. The van der Waals surface area contributed by atoms with Gasteiger partial charge in [0.1, 0.15) is 0 Å². The Kier molecular flexibility index (Phi) is 4.94. The number of hydrogen-bond acceptors (Lipinski definition) is 3. The molecule has 0 bridgehead atoms. The lowest BCUT2D eigenvalue weighted by atomic mass is 10.1. The van der Waals surface area contributed by atoms with Crippen molar-refractivity contribution >= 4 is 5.97 Å². The highest BCUT2D eigenvalue weighted by atomic mass is 16.5. The normalized spacial score (nSPS) is 10.6. The van der Waals surface area contributed by atoms with E-state index in [1.165, 1.54) is 6.07 Å². The van der Waals surface area contributed by atoms with Gasteiger partial charge in [0.15, 0.2) is 0 Å². The maximum Gasteiger partial charge on any atom is 0.335 e. The summed E-state index contributed by atoms with van der Waals surface area (Å²) < 4.78 is 5.45. The fourth-order valence-corrected chi connectivity index (χ4v) is 1.34. The lowest BCUT2D eigenvalue weighted by molar-refractivity contribution is 0.0696. The number of nitrogens with zero attached hydrogens (tertiary/aromatic N) is 1. The molecule has 1 aromatic heterocycles. The van der Waals surface area contributed by atoms with E-state index in [1.54, 1.807) is 6.07 Å². The molecule has 4 nitrogen and oxygen atoms in total. The van der Waals surface area contributed by atoms with Crippen LogP contribution in [0.5, 0.6) is 5.88 Å². The lowest BCUT2D eigenvalue weighted by Crippen LogP contribution is -2.05. The molecule has 0 unspecified atom stereocenters. The van der Waals surface area contributed by atoms with Gasteiger partial charge in [-0.3, -0.25) is 0 Å². The number of pyridine rings is 1. The molecule has 1 heterocycles. The van der Waals surface area contributed by atoms with Crippen LogP contribution in [0.25, 0.3) is 0 Å². The number of aromatic carboxylic acids is 1. The second-order valence-electron chi connectivity index (χ2n) is 4.28. The van der Waals surface area contributed by atoms with E-state index in [9.17, 15) is 4.79 Å². The summed E-state index contributed by atoms with van der Waals surface area (Å²) in [4.78, 5) is 15.3. The number of carbonyl (C=O) groups is 1. The lowest BCUT2D eigenvalue weighted by Gasteiger charge is -2.10. The Bertz CT molecular complexity index is 388. The van der Waals surface area contributed by atoms with E-state index < -0.39 is 5.97 Å². The van der Waals surface area contributed by atoms with Crippen LogP contribution in [0.15, 0.2) is 12.1 Å². The molecule has 94 valence electrons. The first-order valence-corrected chi connectivity index (χ1v) is 5.92. The van der Waals surface area contributed by atoms with Crippen molar-refractivity contribution in [2.45, 2.75) is 39.5 Å². The first-order valence-electron chi connectivity index (χ1n) is 5.92. The summed E-state index contributed by atoms with van der Waals surface area (Å²) in [6, 6.07) is 3.07. The number of carboxylic acid groups (broad SMARTS) is 1. The van der Waals surface area contributed by atoms with Crippen molar-refractivity contribution in [3.05, 3.63) is 23.4 Å². The van der Waals surface area contributed by atoms with Gasteiger partial charge >= 0.3 is 5.97 Å². The van der Waals surface area contributed by atoms with Crippen LogP contribution in [-0.2, 0) is 0 Å². The largest absolute Gasteiger partial charge is 0.478 e. The maximum atomic E-state index is 11.0. The molecule has 0 atom stereocenters. The van der Waals surface area contributed by atoms with Gasteiger partial charge < -0.3 is 9.84 Å². The van der Waals surface area contributed by atoms with Crippen molar-refractivity contribution in [1.82, 2.24) is 4.98 Å². The van der Waals surface area contributed by atoms with Gasteiger partial charge in [-0.25, -0.2) is 9.78 Å². The van der Waals surface area contributed by atoms with Gasteiger partial charge in [-0.05, 0) is 18.4 Å². The number of ether oxygens (including phenoxy) is 1.